The molecule has 1 saturated heterocycles. The highest BCUT2D eigenvalue weighted by Crippen LogP contribution is 2.35. The van der Waals surface area contributed by atoms with Crippen LogP contribution >= 0.6 is 34.4 Å². The number of aryl methyl sites for hydroxylation is 1. The number of rotatable bonds is 4. The van der Waals surface area contributed by atoms with Gasteiger partial charge in [-0.25, -0.2) is 0 Å². The summed E-state index contributed by atoms with van der Waals surface area (Å²) in [6.07, 6.45) is -1.71. The van der Waals surface area contributed by atoms with Gasteiger partial charge < -0.3 is 10.0 Å². The average molecular weight is 654 g/mol. The van der Waals surface area contributed by atoms with Gasteiger partial charge in [-0.3, -0.25) is 14.3 Å². The highest BCUT2D eigenvalue weighted by Gasteiger charge is 2.34. The molecule has 38 heavy (non-hydrogen) atoms. The van der Waals surface area contributed by atoms with Crippen molar-refractivity contribution in [1.82, 2.24) is 14.7 Å². The van der Waals surface area contributed by atoms with Crippen molar-refractivity contribution in [3.05, 3.63) is 67.3 Å². The Morgan fingerprint density at radius 3 is 2.63 bits per heavy atom. The Bertz CT molecular complexity index is 1510. The predicted octanol–water partition coefficient (Wildman–Crippen LogP) is 5.78. The van der Waals surface area contributed by atoms with Crippen molar-refractivity contribution in [2.75, 3.05) is 13.1 Å². The van der Waals surface area contributed by atoms with E-state index in [1.54, 1.807) is 35.9 Å². The number of carbonyl (C=O) groups excluding carboxylic acids is 1. The molecule has 5 rings (SSSR count). The second-order valence-corrected chi connectivity index (χ2v) is 11.3. The van der Waals surface area contributed by atoms with Crippen molar-refractivity contribution in [2.45, 2.75) is 32.5 Å². The molecule has 1 aromatic heterocycles. The van der Waals surface area contributed by atoms with Gasteiger partial charge in [-0.1, -0.05) is 23.8 Å². The fraction of sp³-hybridized carbons (Fsp3) is 0.308. The molecular weight excluding hydrogens is 632 g/mol. The molecule has 3 heterocycles. The van der Waals surface area contributed by atoms with Gasteiger partial charge >= 0.3 is 12.1 Å². The summed E-state index contributed by atoms with van der Waals surface area (Å²) < 4.78 is 43.1. The monoisotopic (exact) mass is 654 g/mol. The number of hydrogen-bond donors (Lipinski definition) is 1. The zero-order chi connectivity index (χ0) is 27.2. The smallest absolute Gasteiger partial charge is 0.416 e. The first kappa shape index (κ1) is 26.7. The summed E-state index contributed by atoms with van der Waals surface area (Å²) in [4.78, 5) is 30.3. The van der Waals surface area contributed by atoms with Crippen LogP contribution in [0.1, 0.15) is 35.1 Å². The van der Waals surface area contributed by atoms with Gasteiger partial charge in [0.2, 0.25) is 0 Å². The summed E-state index contributed by atoms with van der Waals surface area (Å²) in [6.45, 7) is 2.66. The number of fused-ring (bicyclic) bond motifs is 1. The number of amides is 1. The normalized spacial score (nSPS) is 18.0. The summed E-state index contributed by atoms with van der Waals surface area (Å²) in [6, 6.07) is 9.75. The van der Waals surface area contributed by atoms with Crippen LogP contribution in [0, 0.1) is 16.5 Å². The highest BCUT2D eigenvalue weighted by molar-refractivity contribution is 14.1. The predicted molar refractivity (Wildman–Crippen MR) is 148 cm³/mol. The third-order valence-corrected chi connectivity index (χ3v) is 8.48. The van der Waals surface area contributed by atoms with Crippen LogP contribution in [0.4, 0.5) is 13.2 Å². The van der Waals surface area contributed by atoms with Crippen molar-refractivity contribution in [3.63, 3.8) is 0 Å². The summed E-state index contributed by atoms with van der Waals surface area (Å²) in [5.41, 5.74) is 1.44. The molecule has 0 saturated carbocycles. The van der Waals surface area contributed by atoms with Crippen LogP contribution < -0.4 is 0 Å². The van der Waals surface area contributed by atoms with Gasteiger partial charge in [0.1, 0.15) is 3.70 Å². The molecule has 2 aliphatic rings. The number of piperidine rings is 1. The van der Waals surface area contributed by atoms with Gasteiger partial charge in [-0.15, -0.1) is 0 Å². The molecule has 0 bridgehead atoms. The molecule has 198 valence electrons. The first-order chi connectivity index (χ1) is 18.0. The van der Waals surface area contributed by atoms with E-state index in [9.17, 15) is 27.9 Å². The van der Waals surface area contributed by atoms with E-state index in [2.05, 4.69) is 32.7 Å². The van der Waals surface area contributed by atoms with Crippen LogP contribution in [0.3, 0.4) is 0 Å². The quantitative estimate of drug-likeness (QED) is 0.284. The molecule has 0 unspecified atom stereocenters. The van der Waals surface area contributed by atoms with E-state index in [1.165, 1.54) is 17.8 Å². The Balaban J connectivity index is 1.36. The second kappa shape index (κ2) is 10.4. The number of amidine groups is 1. The zero-order valence-electron chi connectivity index (χ0n) is 20.1. The highest BCUT2D eigenvalue weighted by atomic mass is 127. The number of benzene rings is 2. The zero-order valence-corrected chi connectivity index (χ0v) is 23.1. The van der Waals surface area contributed by atoms with Crippen molar-refractivity contribution < 1.29 is 27.9 Å². The summed E-state index contributed by atoms with van der Waals surface area (Å²) >= 11 is 3.32. The van der Waals surface area contributed by atoms with Gasteiger partial charge in [0.05, 0.1) is 28.4 Å². The lowest BCUT2D eigenvalue weighted by atomic mass is 9.98. The average Bonchev–Trinajstić information content (AvgIpc) is 3.38. The largest absolute Gasteiger partial charge is 0.481 e. The molecule has 0 radical (unpaired) electrons. The minimum Gasteiger partial charge on any atom is -0.481 e. The number of carbonyl (C=O) groups is 2. The van der Waals surface area contributed by atoms with E-state index < -0.39 is 17.7 Å². The van der Waals surface area contributed by atoms with Crippen LogP contribution in [0.25, 0.3) is 17.0 Å². The van der Waals surface area contributed by atoms with Gasteiger partial charge in [-0.05, 0) is 89.5 Å². The number of thioether (sulfide) groups is 1. The van der Waals surface area contributed by atoms with Crippen LogP contribution in [0.15, 0.2) is 46.3 Å². The van der Waals surface area contributed by atoms with E-state index in [1.807, 2.05) is 11.0 Å². The first-order valence-corrected chi connectivity index (χ1v) is 13.7. The van der Waals surface area contributed by atoms with Gasteiger partial charge in [0.25, 0.3) is 5.91 Å². The fourth-order valence-electron chi connectivity index (χ4n) is 4.62. The lowest BCUT2D eigenvalue weighted by molar-refractivity contribution is -0.143. The number of hydrogen-bond acceptors (Lipinski definition) is 5. The van der Waals surface area contributed by atoms with Crippen LogP contribution in [-0.2, 0) is 22.3 Å². The Morgan fingerprint density at radius 1 is 1.21 bits per heavy atom. The first-order valence-electron chi connectivity index (χ1n) is 11.8. The minimum absolute atomic E-state index is 0.0286. The van der Waals surface area contributed by atoms with E-state index in [0.717, 1.165) is 17.0 Å². The summed E-state index contributed by atoms with van der Waals surface area (Å²) in [5, 5.41) is 15.0. The maximum absolute atomic E-state index is 13.6. The Hall–Kier alpha value is -2.87. The number of aliphatic imine (C=N–C) groups is 1. The molecular formula is C26H22F3IN4O3S. The van der Waals surface area contributed by atoms with Crippen LogP contribution in [0.5, 0.6) is 0 Å². The maximum Gasteiger partial charge on any atom is 0.416 e. The molecule has 3 aromatic rings. The second-order valence-electron chi connectivity index (χ2n) is 9.29. The van der Waals surface area contributed by atoms with Gasteiger partial charge in [0.15, 0.2) is 5.17 Å². The lowest BCUT2D eigenvalue weighted by Gasteiger charge is -2.30. The van der Waals surface area contributed by atoms with E-state index >= 15 is 0 Å². The van der Waals surface area contributed by atoms with Crippen molar-refractivity contribution in [3.8, 4) is 0 Å². The number of alkyl halides is 3. The molecule has 12 heteroatoms. The number of halogens is 4. The van der Waals surface area contributed by atoms with Crippen LogP contribution in [0.2, 0.25) is 0 Å². The SMILES string of the molecule is Cc1ccc(Cn2nc(I)c3cc(/C=C4\SC(N5CCC(C(=O)O)CC5)=NC4=O)ccc32)c(C(F)(F)F)c1. The molecule has 0 spiro atoms. The Kier molecular flexibility index (Phi) is 7.29. The number of carboxylic acids is 1. The van der Waals surface area contributed by atoms with Crippen LogP contribution in [-0.4, -0.2) is 49.9 Å². The topological polar surface area (TPSA) is 87.8 Å². The molecule has 0 atom stereocenters. The summed E-state index contributed by atoms with van der Waals surface area (Å²) in [7, 11) is 0. The molecule has 0 aliphatic carbocycles. The maximum atomic E-state index is 13.6. The van der Waals surface area contributed by atoms with Crippen molar-refractivity contribution >= 4 is 68.4 Å². The number of nitrogens with zero attached hydrogens (tertiary/aromatic N) is 4. The molecule has 2 aromatic carbocycles. The minimum atomic E-state index is -4.46. The number of carboxylic acid groups (broad SMARTS) is 1. The summed E-state index contributed by atoms with van der Waals surface area (Å²) in [5.74, 6) is -1.52. The molecule has 1 amide bonds. The molecule has 2 aliphatic heterocycles. The molecule has 7 nitrogen and oxygen atoms in total. The number of likely N-dealkylation sites (tertiary alicyclic amines) is 1. The Labute approximate surface area is 233 Å². The van der Waals surface area contributed by atoms with Crippen molar-refractivity contribution in [1.29, 1.82) is 0 Å². The number of aromatic nitrogens is 2. The van der Waals surface area contributed by atoms with E-state index in [4.69, 9.17) is 0 Å². The van der Waals surface area contributed by atoms with Gasteiger partial charge in [0, 0.05) is 18.5 Å². The number of aliphatic carboxylic acids is 1. The fourth-order valence-corrected chi connectivity index (χ4v) is 6.28. The van der Waals surface area contributed by atoms with Gasteiger partial charge in [-0.2, -0.15) is 23.3 Å². The van der Waals surface area contributed by atoms with E-state index in [-0.39, 0.29) is 23.9 Å². The van der Waals surface area contributed by atoms with Crippen molar-refractivity contribution in [2.24, 2.45) is 10.9 Å². The van der Waals surface area contributed by atoms with E-state index in [0.29, 0.717) is 50.8 Å². The molecule has 1 fully saturated rings. The Morgan fingerprint density at radius 2 is 1.95 bits per heavy atom. The third kappa shape index (κ3) is 5.46. The molecule has 1 N–H and O–H groups in total. The third-order valence-electron chi connectivity index (χ3n) is 6.64. The standard InChI is InChI=1S/C26H22F3IN4O3S/c1-14-2-4-17(19(10-14)26(27,28)29)13-34-20-5-3-15(11-18(20)22(30)32-34)12-21-23(35)31-25(38-21)33-8-6-16(7-9-33)24(36)37/h2-5,10-12,16H,6-9,13H2,1H3,(H,36,37)/b21-12-. The lowest BCUT2D eigenvalue weighted by Crippen LogP contribution is -2.38.